The average molecular weight is 280 g/mol. The summed E-state index contributed by atoms with van der Waals surface area (Å²) >= 11 is 0. The van der Waals surface area contributed by atoms with Gasteiger partial charge in [0.2, 0.25) is 0 Å². The summed E-state index contributed by atoms with van der Waals surface area (Å²) in [6.45, 7) is 5.21. The lowest BCUT2D eigenvalue weighted by Gasteiger charge is -2.09. The Hall–Kier alpha value is -2.36. The van der Waals surface area contributed by atoms with Crippen molar-refractivity contribution in [3.8, 4) is 0 Å². The first-order valence-electron chi connectivity index (χ1n) is 7.34. The van der Waals surface area contributed by atoms with Gasteiger partial charge in [-0.2, -0.15) is 0 Å². The Morgan fingerprint density at radius 3 is 2.81 bits per heavy atom. The molecule has 2 heterocycles. The highest BCUT2D eigenvalue weighted by atomic mass is 15.1. The van der Waals surface area contributed by atoms with Crippen molar-refractivity contribution in [3.05, 3.63) is 53.6 Å². The molecule has 0 saturated heterocycles. The molecule has 0 aliphatic rings. The molecule has 4 heteroatoms. The van der Waals surface area contributed by atoms with Crippen LogP contribution in [0.1, 0.15) is 30.4 Å². The lowest BCUT2D eigenvalue weighted by atomic mass is 10.1. The van der Waals surface area contributed by atoms with Crippen molar-refractivity contribution in [2.75, 3.05) is 5.73 Å². The number of imidazole rings is 1. The van der Waals surface area contributed by atoms with Crippen LogP contribution in [0, 0.1) is 6.92 Å². The number of aryl methyl sites for hydroxylation is 2. The molecule has 3 aromatic rings. The zero-order valence-corrected chi connectivity index (χ0v) is 12.5. The Morgan fingerprint density at radius 2 is 2.05 bits per heavy atom. The third-order valence-electron chi connectivity index (χ3n) is 3.71. The van der Waals surface area contributed by atoms with Gasteiger partial charge in [-0.15, -0.1) is 0 Å². The number of nitrogens with zero attached hydrogens (tertiary/aromatic N) is 3. The molecular weight excluding hydrogens is 260 g/mol. The molecule has 0 atom stereocenters. The molecule has 0 unspecified atom stereocenters. The number of hydrogen-bond donors (Lipinski definition) is 1. The maximum atomic E-state index is 5.78. The van der Waals surface area contributed by atoms with Crippen LogP contribution in [-0.2, 0) is 13.0 Å². The monoisotopic (exact) mass is 280 g/mol. The van der Waals surface area contributed by atoms with Crippen molar-refractivity contribution in [2.24, 2.45) is 0 Å². The maximum absolute atomic E-state index is 5.78. The zero-order chi connectivity index (χ0) is 14.8. The van der Waals surface area contributed by atoms with Gasteiger partial charge in [-0.3, -0.25) is 4.98 Å². The molecular formula is C17H20N4. The molecule has 0 aliphatic heterocycles. The lowest BCUT2D eigenvalue weighted by molar-refractivity contribution is 0.661. The number of para-hydroxylation sites is 2. The zero-order valence-electron chi connectivity index (χ0n) is 12.5. The summed E-state index contributed by atoms with van der Waals surface area (Å²) in [5, 5.41) is 0. The van der Waals surface area contributed by atoms with E-state index in [1.807, 2.05) is 19.1 Å². The third kappa shape index (κ3) is 2.61. The normalized spacial score (nSPS) is 11.1. The molecule has 0 amide bonds. The molecule has 0 bridgehead atoms. The standard InChI is InChI=1S/C17H20N4/c1-3-8-21-16-7-5-4-6-14(16)20-17(21)10-15-12(2)9-13(18)11-19-15/h4-7,9,11H,3,8,10,18H2,1-2H3. The van der Waals surface area contributed by atoms with E-state index < -0.39 is 0 Å². The van der Waals surface area contributed by atoms with Crippen LogP contribution < -0.4 is 5.73 Å². The van der Waals surface area contributed by atoms with Gasteiger partial charge >= 0.3 is 0 Å². The second kappa shape index (κ2) is 5.56. The molecule has 1 aromatic carbocycles. The smallest absolute Gasteiger partial charge is 0.115 e. The van der Waals surface area contributed by atoms with Crippen LogP contribution in [0.15, 0.2) is 36.5 Å². The van der Waals surface area contributed by atoms with E-state index in [0.717, 1.165) is 42.0 Å². The van der Waals surface area contributed by atoms with Gasteiger partial charge in [-0.1, -0.05) is 19.1 Å². The number of aromatic nitrogens is 3. The van der Waals surface area contributed by atoms with Crippen LogP contribution in [0.3, 0.4) is 0 Å². The second-order valence-electron chi connectivity index (χ2n) is 5.38. The highest BCUT2D eigenvalue weighted by molar-refractivity contribution is 5.76. The van der Waals surface area contributed by atoms with E-state index in [9.17, 15) is 0 Å². The molecule has 2 aromatic heterocycles. The summed E-state index contributed by atoms with van der Waals surface area (Å²) in [5.41, 5.74) is 10.9. The van der Waals surface area contributed by atoms with Gasteiger partial charge in [-0.25, -0.2) is 4.98 Å². The van der Waals surface area contributed by atoms with Crippen LogP contribution in [0.25, 0.3) is 11.0 Å². The van der Waals surface area contributed by atoms with E-state index in [4.69, 9.17) is 10.7 Å². The van der Waals surface area contributed by atoms with Crippen molar-refractivity contribution >= 4 is 16.7 Å². The third-order valence-corrected chi connectivity index (χ3v) is 3.71. The van der Waals surface area contributed by atoms with Crippen LogP contribution >= 0.6 is 0 Å². The van der Waals surface area contributed by atoms with Gasteiger partial charge in [0.1, 0.15) is 5.82 Å². The number of fused-ring (bicyclic) bond motifs is 1. The molecule has 108 valence electrons. The molecule has 4 nitrogen and oxygen atoms in total. The SMILES string of the molecule is CCCn1c(Cc2ncc(N)cc2C)nc2ccccc21. The van der Waals surface area contributed by atoms with E-state index in [1.54, 1.807) is 6.20 Å². The van der Waals surface area contributed by atoms with Crippen molar-refractivity contribution in [1.29, 1.82) is 0 Å². The highest BCUT2D eigenvalue weighted by Gasteiger charge is 2.12. The number of rotatable bonds is 4. The van der Waals surface area contributed by atoms with E-state index in [0.29, 0.717) is 5.69 Å². The van der Waals surface area contributed by atoms with E-state index >= 15 is 0 Å². The van der Waals surface area contributed by atoms with Gasteiger partial charge in [-0.05, 0) is 37.1 Å². The first-order chi connectivity index (χ1) is 10.2. The first-order valence-corrected chi connectivity index (χ1v) is 7.34. The molecule has 0 saturated carbocycles. The largest absolute Gasteiger partial charge is 0.397 e. The number of benzene rings is 1. The first kappa shape index (κ1) is 13.6. The highest BCUT2D eigenvalue weighted by Crippen LogP contribution is 2.20. The van der Waals surface area contributed by atoms with Crippen molar-refractivity contribution < 1.29 is 0 Å². The predicted molar refractivity (Wildman–Crippen MR) is 86.2 cm³/mol. The van der Waals surface area contributed by atoms with Crippen LogP contribution in [0.4, 0.5) is 5.69 Å². The minimum Gasteiger partial charge on any atom is -0.397 e. The minimum absolute atomic E-state index is 0.707. The minimum atomic E-state index is 0.707. The summed E-state index contributed by atoms with van der Waals surface area (Å²) in [4.78, 5) is 9.25. The maximum Gasteiger partial charge on any atom is 0.115 e. The summed E-state index contributed by atoms with van der Waals surface area (Å²) in [6, 6.07) is 10.3. The fourth-order valence-corrected chi connectivity index (χ4v) is 2.69. The topological polar surface area (TPSA) is 56.7 Å². The van der Waals surface area contributed by atoms with Gasteiger partial charge in [0.05, 0.1) is 28.6 Å². The van der Waals surface area contributed by atoms with Crippen molar-refractivity contribution in [3.63, 3.8) is 0 Å². The Kier molecular flexibility index (Phi) is 3.60. The van der Waals surface area contributed by atoms with Crippen molar-refractivity contribution in [1.82, 2.24) is 14.5 Å². The summed E-state index contributed by atoms with van der Waals surface area (Å²) < 4.78 is 2.30. The van der Waals surface area contributed by atoms with Crippen molar-refractivity contribution in [2.45, 2.75) is 33.2 Å². The molecule has 0 radical (unpaired) electrons. The molecule has 3 rings (SSSR count). The van der Waals surface area contributed by atoms with Gasteiger partial charge < -0.3 is 10.3 Å². The number of nitrogens with two attached hydrogens (primary N) is 1. The van der Waals surface area contributed by atoms with E-state index in [-0.39, 0.29) is 0 Å². The Morgan fingerprint density at radius 1 is 1.24 bits per heavy atom. The molecule has 0 fully saturated rings. The fraction of sp³-hybridized carbons (Fsp3) is 0.294. The van der Waals surface area contributed by atoms with E-state index in [1.165, 1.54) is 5.52 Å². The number of pyridine rings is 1. The van der Waals surface area contributed by atoms with Crippen LogP contribution in [0.5, 0.6) is 0 Å². The van der Waals surface area contributed by atoms with Gasteiger partial charge in [0.15, 0.2) is 0 Å². The molecule has 2 N–H and O–H groups in total. The lowest BCUT2D eigenvalue weighted by Crippen LogP contribution is -2.06. The summed E-state index contributed by atoms with van der Waals surface area (Å²) in [5.74, 6) is 1.07. The molecule has 21 heavy (non-hydrogen) atoms. The van der Waals surface area contributed by atoms with Crippen LogP contribution in [-0.4, -0.2) is 14.5 Å². The number of nitrogen functional groups attached to an aromatic ring is 1. The Balaban J connectivity index is 2.05. The average Bonchev–Trinajstić information content (AvgIpc) is 2.81. The van der Waals surface area contributed by atoms with Gasteiger partial charge in [0.25, 0.3) is 0 Å². The summed E-state index contributed by atoms with van der Waals surface area (Å²) in [7, 11) is 0. The predicted octanol–water partition coefficient (Wildman–Crippen LogP) is 3.32. The quantitative estimate of drug-likeness (QED) is 0.797. The molecule has 0 aliphatic carbocycles. The number of hydrogen-bond acceptors (Lipinski definition) is 3. The number of anilines is 1. The Bertz CT molecular complexity index is 774. The van der Waals surface area contributed by atoms with E-state index in [2.05, 4.69) is 34.7 Å². The fourth-order valence-electron chi connectivity index (χ4n) is 2.69. The molecule has 0 spiro atoms. The van der Waals surface area contributed by atoms with Gasteiger partial charge in [0, 0.05) is 13.0 Å². The second-order valence-corrected chi connectivity index (χ2v) is 5.38. The van der Waals surface area contributed by atoms with Crippen LogP contribution in [0.2, 0.25) is 0 Å². The summed E-state index contributed by atoms with van der Waals surface area (Å²) in [6.07, 6.45) is 3.54. The Labute approximate surface area is 124 Å².